The van der Waals surface area contributed by atoms with Crippen LogP contribution < -0.4 is 0 Å². The molecule has 8 aromatic carbocycles. The van der Waals surface area contributed by atoms with Crippen molar-refractivity contribution in [2.45, 2.75) is 0 Å². The van der Waals surface area contributed by atoms with Crippen molar-refractivity contribution in [3.63, 3.8) is 0 Å². The SMILES string of the molecule is c1ccc(-c2nc(-c3ccc(-c4ccc5ccc6cccc7ccc4c5c67)cc3)cc(-c3cccc4c(-c5cccnc5)cccc34)n2)cc1. The fraction of sp³-hybridized carbons (Fsp3) is 0. The minimum absolute atomic E-state index is 0.703. The summed E-state index contributed by atoms with van der Waals surface area (Å²) in [6, 6.07) is 58.3. The van der Waals surface area contributed by atoms with Crippen LogP contribution in [0, 0.1) is 0 Å². The third-order valence-corrected chi connectivity index (χ3v) is 9.95. The average Bonchev–Trinajstić information content (AvgIpc) is 3.20. The lowest BCUT2D eigenvalue weighted by Crippen LogP contribution is -1.96. The summed E-state index contributed by atoms with van der Waals surface area (Å²) in [4.78, 5) is 14.7. The number of rotatable bonds is 5. The van der Waals surface area contributed by atoms with Gasteiger partial charge in [-0.2, -0.15) is 0 Å². The third-order valence-electron chi connectivity index (χ3n) is 9.95. The van der Waals surface area contributed by atoms with Crippen molar-refractivity contribution >= 4 is 43.1 Å². The number of nitrogens with zero attached hydrogens (tertiary/aromatic N) is 3. The molecule has 0 spiro atoms. The highest BCUT2D eigenvalue weighted by molar-refractivity contribution is 6.25. The fourth-order valence-electron chi connectivity index (χ4n) is 7.56. The number of hydrogen-bond acceptors (Lipinski definition) is 3. The number of hydrogen-bond donors (Lipinski definition) is 0. The molecule has 10 aromatic rings. The first kappa shape index (κ1) is 28.3. The minimum atomic E-state index is 0.703. The van der Waals surface area contributed by atoms with Crippen LogP contribution in [-0.4, -0.2) is 15.0 Å². The lowest BCUT2D eigenvalue weighted by atomic mass is 9.89. The first-order valence-electron chi connectivity index (χ1n) is 16.9. The summed E-state index contributed by atoms with van der Waals surface area (Å²) in [5.74, 6) is 0.703. The number of pyridine rings is 1. The van der Waals surface area contributed by atoms with E-state index in [2.05, 4.69) is 145 Å². The van der Waals surface area contributed by atoms with Gasteiger partial charge in [0.2, 0.25) is 0 Å². The van der Waals surface area contributed by atoms with Crippen LogP contribution in [0.5, 0.6) is 0 Å². The van der Waals surface area contributed by atoms with Gasteiger partial charge in [-0.25, -0.2) is 9.97 Å². The largest absolute Gasteiger partial charge is 0.264 e. The zero-order chi connectivity index (χ0) is 33.0. The van der Waals surface area contributed by atoms with Gasteiger partial charge in [0, 0.05) is 34.6 Å². The first-order chi connectivity index (χ1) is 24.8. The predicted octanol–water partition coefficient (Wildman–Crippen LogP) is 12.3. The van der Waals surface area contributed by atoms with E-state index in [4.69, 9.17) is 9.97 Å². The average molecular weight is 636 g/mol. The van der Waals surface area contributed by atoms with E-state index in [-0.39, 0.29) is 0 Å². The van der Waals surface area contributed by atoms with Crippen molar-refractivity contribution in [2.75, 3.05) is 0 Å². The lowest BCUT2D eigenvalue weighted by Gasteiger charge is -2.15. The second-order valence-electron chi connectivity index (χ2n) is 12.8. The summed E-state index contributed by atoms with van der Waals surface area (Å²) in [7, 11) is 0. The molecule has 0 aliphatic carbocycles. The molecule has 0 amide bonds. The van der Waals surface area contributed by atoms with Crippen molar-refractivity contribution < 1.29 is 0 Å². The standard InChI is InChI=1S/C47H29N3/c1-2-8-35(9-3-1)47-49-43(28-44(50-47)41-16-6-14-39-37(13-5-15-40(39)41)36-12-7-27-48-29-36)31-19-17-30(18-20-31)38-25-23-34-22-21-32-10-4-11-33-24-26-42(38)46(34)45(32)33/h1-29H. The number of benzene rings is 8. The van der Waals surface area contributed by atoms with E-state index in [1.807, 2.05) is 36.7 Å². The van der Waals surface area contributed by atoms with Gasteiger partial charge in [0.15, 0.2) is 5.82 Å². The van der Waals surface area contributed by atoms with Crippen molar-refractivity contribution in [1.29, 1.82) is 0 Å². The molecule has 50 heavy (non-hydrogen) atoms. The van der Waals surface area contributed by atoms with Gasteiger partial charge >= 0.3 is 0 Å². The third kappa shape index (κ3) is 4.63. The highest BCUT2D eigenvalue weighted by Crippen LogP contribution is 2.40. The molecule has 0 atom stereocenters. The van der Waals surface area contributed by atoms with Gasteiger partial charge in [0.1, 0.15) is 0 Å². The maximum atomic E-state index is 5.17. The Morgan fingerprint density at radius 1 is 0.340 bits per heavy atom. The second kappa shape index (κ2) is 11.5. The smallest absolute Gasteiger partial charge is 0.160 e. The van der Waals surface area contributed by atoms with E-state index in [0.717, 1.165) is 50.0 Å². The maximum Gasteiger partial charge on any atom is 0.160 e. The van der Waals surface area contributed by atoms with Crippen LogP contribution in [0.25, 0.3) is 99.2 Å². The monoisotopic (exact) mass is 635 g/mol. The van der Waals surface area contributed by atoms with Crippen LogP contribution in [0.3, 0.4) is 0 Å². The van der Waals surface area contributed by atoms with Crippen LogP contribution in [0.15, 0.2) is 176 Å². The van der Waals surface area contributed by atoms with Crippen molar-refractivity contribution in [3.8, 4) is 56.2 Å². The molecule has 0 fully saturated rings. The van der Waals surface area contributed by atoms with Crippen LogP contribution in [0.4, 0.5) is 0 Å². The summed E-state index contributed by atoms with van der Waals surface area (Å²) in [6.07, 6.45) is 3.73. The quantitative estimate of drug-likeness (QED) is 0.177. The van der Waals surface area contributed by atoms with E-state index >= 15 is 0 Å². The van der Waals surface area contributed by atoms with Crippen LogP contribution in [0.1, 0.15) is 0 Å². The second-order valence-corrected chi connectivity index (χ2v) is 12.8. The molecule has 0 N–H and O–H groups in total. The molecular formula is C47H29N3. The molecule has 0 bridgehead atoms. The van der Waals surface area contributed by atoms with E-state index < -0.39 is 0 Å². The molecule has 0 saturated carbocycles. The molecule has 0 radical (unpaired) electrons. The Labute approximate surface area is 289 Å². The van der Waals surface area contributed by atoms with Gasteiger partial charge in [0.05, 0.1) is 11.4 Å². The lowest BCUT2D eigenvalue weighted by molar-refractivity contribution is 1.18. The Morgan fingerprint density at radius 3 is 1.74 bits per heavy atom. The van der Waals surface area contributed by atoms with Crippen LogP contribution >= 0.6 is 0 Å². The molecule has 0 saturated heterocycles. The number of fused-ring (bicyclic) bond motifs is 1. The Balaban J connectivity index is 1.11. The fourth-order valence-corrected chi connectivity index (χ4v) is 7.56. The van der Waals surface area contributed by atoms with Gasteiger partial charge in [-0.15, -0.1) is 0 Å². The summed E-state index contributed by atoms with van der Waals surface area (Å²) in [5.41, 5.74) is 9.53. The summed E-state index contributed by atoms with van der Waals surface area (Å²) >= 11 is 0. The zero-order valence-electron chi connectivity index (χ0n) is 27.1. The molecule has 10 rings (SSSR count). The summed E-state index contributed by atoms with van der Waals surface area (Å²) in [5, 5.41) is 10.1. The van der Waals surface area contributed by atoms with Gasteiger partial charge in [-0.3, -0.25) is 4.98 Å². The molecule has 0 aliphatic rings. The molecule has 0 aliphatic heterocycles. The molecule has 0 unspecified atom stereocenters. The van der Waals surface area contributed by atoms with Crippen molar-refractivity contribution in [3.05, 3.63) is 176 Å². The summed E-state index contributed by atoms with van der Waals surface area (Å²) < 4.78 is 0. The van der Waals surface area contributed by atoms with Gasteiger partial charge in [-0.1, -0.05) is 152 Å². The van der Waals surface area contributed by atoms with E-state index in [9.17, 15) is 0 Å². The molecule has 3 heteroatoms. The van der Waals surface area contributed by atoms with E-state index in [0.29, 0.717) is 5.82 Å². The highest BCUT2D eigenvalue weighted by Gasteiger charge is 2.16. The normalized spacial score (nSPS) is 11.6. The molecule has 3 nitrogen and oxygen atoms in total. The zero-order valence-corrected chi connectivity index (χ0v) is 27.1. The Kier molecular flexibility index (Phi) is 6.49. The van der Waals surface area contributed by atoms with Crippen LogP contribution in [-0.2, 0) is 0 Å². The maximum absolute atomic E-state index is 5.17. The topological polar surface area (TPSA) is 38.7 Å². The highest BCUT2D eigenvalue weighted by atomic mass is 14.9. The Bertz CT molecular complexity index is 2830. The van der Waals surface area contributed by atoms with Crippen molar-refractivity contribution in [2.24, 2.45) is 0 Å². The number of aromatic nitrogens is 3. The first-order valence-corrected chi connectivity index (χ1v) is 16.9. The summed E-state index contributed by atoms with van der Waals surface area (Å²) in [6.45, 7) is 0. The van der Waals surface area contributed by atoms with Crippen molar-refractivity contribution in [1.82, 2.24) is 15.0 Å². The van der Waals surface area contributed by atoms with Gasteiger partial charge < -0.3 is 0 Å². The molecule has 2 heterocycles. The van der Waals surface area contributed by atoms with Gasteiger partial charge in [-0.05, 0) is 71.9 Å². The molecule has 232 valence electrons. The van der Waals surface area contributed by atoms with E-state index in [1.54, 1.807) is 0 Å². The predicted molar refractivity (Wildman–Crippen MR) is 208 cm³/mol. The molecule has 2 aromatic heterocycles. The Hall–Kier alpha value is -6.71. The minimum Gasteiger partial charge on any atom is -0.264 e. The van der Waals surface area contributed by atoms with Gasteiger partial charge in [0.25, 0.3) is 0 Å². The van der Waals surface area contributed by atoms with Crippen LogP contribution in [0.2, 0.25) is 0 Å². The van der Waals surface area contributed by atoms with E-state index in [1.165, 1.54) is 43.4 Å². The molecular weight excluding hydrogens is 607 g/mol. The Morgan fingerprint density at radius 2 is 0.960 bits per heavy atom.